The molecule has 0 unspecified atom stereocenters. The number of fused-ring (bicyclic) bond motifs is 1. The van der Waals surface area contributed by atoms with E-state index in [-0.39, 0.29) is 5.16 Å². The Morgan fingerprint density at radius 2 is 1.92 bits per heavy atom. The van der Waals surface area contributed by atoms with E-state index in [1.54, 1.807) is 10.7 Å². The molecule has 0 radical (unpaired) electrons. The third kappa shape index (κ3) is 3.29. The number of hydrogen-bond acceptors (Lipinski definition) is 6. The zero-order valence-corrected chi connectivity index (χ0v) is 15.4. The molecular weight excluding hydrogens is 350 g/mol. The van der Waals surface area contributed by atoms with Gasteiger partial charge in [-0.15, -0.1) is 5.10 Å². The predicted octanol–water partition coefficient (Wildman–Crippen LogP) is 2.80. The maximum absolute atomic E-state index is 12.1. The van der Waals surface area contributed by atoms with E-state index in [1.807, 2.05) is 30.3 Å². The van der Waals surface area contributed by atoms with E-state index in [1.165, 1.54) is 12.8 Å². The molecule has 3 aromatic rings. The first-order valence-corrected chi connectivity index (χ1v) is 10.6. The molecule has 0 aliphatic heterocycles. The van der Waals surface area contributed by atoms with E-state index in [4.69, 9.17) is 0 Å². The maximum atomic E-state index is 12.1. The van der Waals surface area contributed by atoms with Crippen molar-refractivity contribution in [1.82, 2.24) is 19.6 Å². The highest BCUT2D eigenvalue weighted by molar-refractivity contribution is 7.90. The molecule has 1 fully saturated rings. The number of sulfone groups is 1. The van der Waals surface area contributed by atoms with Crippen LogP contribution in [-0.2, 0) is 16.4 Å². The van der Waals surface area contributed by atoms with Crippen LogP contribution in [0.15, 0.2) is 41.7 Å². The maximum Gasteiger partial charge on any atom is 0.267 e. The van der Waals surface area contributed by atoms with Gasteiger partial charge in [-0.2, -0.15) is 4.98 Å². The van der Waals surface area contributed by atoms with Crippen LogP contribution in [0.2, 0.25) is 0 Å². The Morgan fingerprint density at radius 1 is 1.19 bits per heavy atom. The van der Waals surface area contributed by atoms with Crippen LogP contribution in [0, 0.1) is 0 Å². The molecule has 2 heterocycles. The minimum Gasteiger partial charge on any atom is -0.363 e. The fourth-order valence-electron chi connectivity index (χ4n) is 3.44. The lowest BCUT2D eigenvalue weighted by molar-refractivity contribution is 0.582. The van der Waals surface area contributed by atoms with Gasteiger partial charge in [0.2, 0.25) is 9.84 Å². The normalized spacial score (nSPS) is 15.6. The van der Waals surface area contributed by atoms with Gasteiger partial charge in [0, 0.05) is 18.7 Å². The number of nitrogens with one attached hydrogen (secondary N) is 1. The van der Waals surface area contributed by atoms with E-state index in [2.05, 4.69) is 20.4 Å². The Morgan fingerprint density at radius 3 is 2.62 bits per heavy atom. The summed E-state index contributed by atoms with van der Waals surface area (Å²) < 4.78 is 25.8. The van der Waals surface area contributed by atoms with Crippen molar-refractivity contribution in [2.75, 3.05) is 11.6 Å². The molecule has 1 aromatic carbocycles. The average molecular weight is 371 g/mol. The molecule has 1 N–H and O–H groups in total. The highest BCUT2D eigenvalue weighted by Gasteiger charge is 2.24. The van der Waals surface area contributed by atoms with Crippen molar-refractivity contribution >= 4 is 21.3 Å². The molecule has 136 valence electrons. The van der Waals surface area contributed by atoms with Crippen molar-refractivity contribution < 1.29 is 8.42 Å². The van der Waals surface area contributed by atoms with Crippen LogP contribution in [0.1, 0.15) is 42.9 Å². The van der Waals surface area contributed by atoms with E-state index in [0.717, 1.165) is 30.4 Å². The molecule has 4 rings (SSSR count). The smallest absolute Gasteiger partial charge is 0.267 e. The summed E-state index contributed by atoms with van der Waals surface area (Å²) in [5.41, 5.74) is 2.61. The average Bonchev–Trinajstić information content (AvgIpc) is 3.28. The summed E-state index contributed by atoms with van der Waals surface area (Å²) in [6, 6.07) is 9.87. The van der Waals surface area contributed by atoms with Crippen LogP contribution in [0.25, 0.3) is 5.65 Å². The van der Waals surface area contributed by atoms with Gasteiger partial charge >= 0.3 is 0 Å². The van der Waals surface area contributed by atoms with Crippen molar-refractivity contribution in [3.63, 3.8) is 0 Å². The molecule has 7 nitrogen and oxygen atoms in total. The second-order valence-electron chi connectivity index (χ2n) is 6.75. The quantitative estimate of drug-likeness (QED) is 0.742. The summed E-state index contributed by atoms with van der Waals surface area (Å²) in [6.45, 7) is 0.530. The van der Waals surface area contributed by atoms with Crippen molar-refractivity contribution in [3.8, 4) is 0 Å². The number of anilines is 1. The van der Waals surface area contributed by atoms with Crippen LogP contribution in [0.3, 0.4) is 0 Å². The number of hydrogen-bond donors (Lipinski definition) is 1. The van der Waals surface area contributed by atoms with Gasteiger partial charge in [0.1, 0.15) is 0 Å². The summed E-state index contributed by atoms with van der Waals surface area (Å²) >= 11 is 0. The zero-order chi connectivity index (χ0) is 18.1. The molecular formula is C18H21N5O2S. The van der Waals surface area contributed by atoms with Crippen LogP contribution in [-0.4, -0.2) is 34.3 Å². The fourth-order valence-corrected chi connectivity index (χ4v) is 3.92. The predicted molar refractivity (Wildman–Crippen MR) is 98.9 cm³/mol. The van der Waals surface area contributed by atoms with Crippen LogP contribution >= 0.6 is 0 Å². The highest BCUT2D eigenvalue weighted by Crippen LogP contribution is 2.34. The van der Waals surface area contributed by atoms with Gasteiger partial charge in [-0.3, -0.25) is 0 Å². The molecule has 0 atom stereocenters. The summed E-state index contributed by atoms with van der Waals surface area (Å²) in [6.07, 6.45) is 7.46. The van der Waals surface area contributed by atoms with Gasteiger partial charge in [-0.05, 0) is 18.4 Å². The monoisotopic (exact) mass is 371 g/mol. The molecule has 8 heteroatoms. The number of rotatable bonds is 5. The molecule has 2 aromatic heterocycles. The summed E-state index contributed by atoms with van der Waals surface area (Å²) in [7, 11) is -3.53. The molecule has 1 aliphatic carbocycles. The molecule has 0 saturated heterocycles. The first-order chi connectivity index (χ1) is 12.5. The van der Waals surface area contributed by atoms with Crippen molar-refractivity contribution in [3.05, 3.63) is 47.8 Å². The molecule has 26 heavy (non-hydrogen) atoms. The molecule has 0 bridgehead atoms. The lowest BCUT2D eigenvalue weighted by Crippen LogP contribution is -2.14. The van der Waals surface area contributed by atoms with Crippen molar-refractivity contribution in [2.45, 2.75) is 43.3 Å². The Bertz CT molecular complexity index is 1020. The van der Waals surface area contributed by atoms with Gasteiger partial charge in [0.25, 0.3) is 5.16 Å². The Kier molecular flexibility index (Phi) is 4.36. The molecule has 1 saturated carbocycles. The Balaban J connectivity index is 1.77. The lowest BCUT2D eigenvalue weighted by atomic mass is 10.1. The highest BCUT2D eigenvalue weighted by atomic mass is 32.2. The largest absolute Gasteiger partial charge is 0.363 e. The van der Waals surface area contributed by atoms with E-state index >= 15 is 0 Å². The van der Waals surface area contributed by atoms with Gasteiger partial charge in [-0.25, -0.2) is 17.9 Å². The third-order valence-corrected chi connectivity index (χ3v) is 5.61. The number of imidazole rings is 1. The Labute approximate surface area is 152 Å². The topological polar surface area (TPSA) is 89.2 Å². The standard InChI is InChI=1S/C18H21N5O2S/c1-26(24,25)18-21-16(19-11-13-7-3-2-4-8-13)17-20-12-15(23(17)22-18)14-9-5-6-10-14/h2-4,7-8,12,14H,5-6,9-11H2,1H3,(H,19,21,22). The summed E-state index contributed by atoms with van der Waals surface area (Å²) in [4.78, 5) is 8.71. The van der Waals surface area contributed by atoms with Crippen molar-refractivity contribution in [1.29, 1.82) is 0 Å². The minimum atomic E-state index is -3.53. The summed E-state index contributed by atoms with van der Waals surface area (Å²) in [5.74, 6) is 0.808. The first kappa shape index (κ1) is 17.0. The fraction of sp³-hybridized carbons (Fsp3) is 0.389. The number of aromatic nitrogens is 4. The Hall–Kier alpha value is -2.48. The lowest BCUT2D eigenvalue weighted by Gasteiger charge is -2.11. The van der Waals surface area contributed by atoms with Crippen LogP contribution in [0.5, 0.6) is 0 Å². The van der Waals surface area contributed by atoms with Crippen LogP contribution < -0.4 is 5.32 Å². The first-order valence-electron chi connectivity index (χ1n) is 8.76. The number of nitrogens with zero attached hydrogens (tertiary/aromatic N) is 4. The molecule has 0 spiro atoms. The van der Waals surface area contributed by atoms with Gasteiger partial charge in [-0.1, -0.05) is 43.2 Å². The van der Waals surface area contributed by atoms with Gasteiger partial charge < -0.3 is 5.32 Å². The molecule has 0 amide bonds. The molecule has 1 aliphatic rings. The number of benzene rings is 1. The van der Waals surface area contributed by atoms with E-state index in [9.17, 15) is 8.42 Å². The van der Waals surface area contributed by atoms with Gasteiger partial charge in [0.15, 0.2) is 11.5 Å². The van der Waals surface area contributed by atoms with Crippen molar-refractivity contribution in [2.24, 2.45) is 0 Å². The van der Waals surface area contributed by atoms with Crippen LogP contribution in [0.4, 0.5) is 5.82 Å². The zero-order valence-electron chi connectivity index (χ0n) is 14.6. The summed E-state index contributed by atoms with van der Waals surface area (Å²) in [5, 5.41) is 7.32. The second kappa shape index (κ2) is 6.68. The minimum absolute atomic E-state index is 0.183. The van der Waals surface area contributed by atoms with E-state index < -0.39 is 9.84 Å². The second-order valence-corrected chi connectivity index (χ2v) is 8.66. The van der Waals surface area contributed by atoms with E-state index in [0.29, 0.717) is 23.9 Å². The third-order valence-electron chi connectivity index (χ3n) is 4.78. The SMILES string of the molecule is CS(=O)(=O)c1nc(NCc2ccccc2)c2ncc(C3CCCC3)n2n1. The van der Waals surface area contributed by atoms with Gasteiger partial charge in [0.05, 0.1) is 11.9 Å².